The Kier molecular flexibility index (Phi) is 7.04. The second-order valence-electron chi connectivity index (χ2n) is 5.25. The molecule has 0 aliphatic carbocycles. The normalized spacial score (nSPS) is 11.4. The molecule has 0 heterocycles. The summed E-state index contributed by atoms with van der Waals surface area (Å²) in [6.07, 6.45) is -0.706. The van der Waals surface area contributed by atoms with Crippen LogP contribution in [0.15, 0.2) is 46.9 Å². The van der Waals surface area contributed by atoms with Crippen LogP contribution >= 0.6 is 39.7 Å². The Bertz CT molecular complexity index is 771. The second-order valence-corrected chi connectivity index (χ2v) is 7.01. The first-order chi connectivity index (χ1) is 11.8. The first-order valence-electron chi connectivity index (χ1n) is 7.40. The maximum atomic E-state index is 12.1. The zero-order valence-electron chi connectivity index (χ0n) is 13.6. The molecule has 2 rings (SSSR count). The van der Waals surface area contributed by atoms with Gasteiger partial charge in [0.25, 0.3) is 5.91 Å². The fourth-order valence-corrected chi connectivity index (χ4v) is 2.56. The molecule has 0 bridgehead atoms. The van der Waals surface area contributed by atoms with E-state index >= 15 is 0 Å². The third-order valence-electron chi connectivity index (χ3n) is 3.21. The van der Waals surface area contributed by atoms with E-state index in [1.165, 1.54) is 0 Å². The highest BCUT2D eigenvalue weighted by Crippen LogP contribution is 2.22. The second kappa shape index (κ2) is 9.03. The van der Waals surface area contributed by atoms with Crippen LogP contribution in [0.1, 0.15) is 12.5 Å². The average Bonchev–Trinajstić information content (AvgIpc) is 2.57. The van der Waals surface area contributed by atoms with Crippen LogP contribution in [0.5, 0.6) is 5.75 Å². The Morgan fingerprint density at radius 1 is 1.20 bits per heavy atom. The van der Waals surface area contributed by atoms with E-state index < -0.39 is 6.10 Å². The summed E-state index contributed by atoms with van der Waals surface area (Å²) in [5.74, 6) is 0.247. The highest BCUT2D eigenvalue weighted by Gasteiger charge is 2.16. The van der Waals surface area contributed by atoms with Crippen molar-refractivity contribution in [1.82, 2.24) is 10.9 Å². The molecule has 132 valence electrons. The molecule has 0 aliphatic heterocycles. The van der Waals surface area contributed by atoms with Crippen molar-refractivity contribution in [1.29, 1.82) is 0 Å². The van der Waals surface area contributed by atoms with Gasteiger partial charge in [-0.25, -0.2) is 0 Å². The van der Waals surface area contributed by atoms with Crippen LogP contribution in [0.4, 0.5) is 5.69 Å². The number of carbonyl (C=O) groups excluding carboxylic acids is 1. The van der Waals surface area contributed by atoms with Crippen LogP contribution in [0.2, 0.25) is 5.02 Å². The number of hydrogen-bond donors (Lipinski definition) is 3. The largest absolute Gasteiger partial charge is 0.481 e. The molecule has 1 amide bonds. The van der Waals surface area contributed by atoms with Crippen LogP contribution < -0.4 is 20.9 Å². The molecular formula is C17H17BrClN3O2S. The minimum absolute atomic E-state index is 0.269. The predicted octanol–water partition coefficient (Wildman–Crippen LogP) is 4.20. The molecule has 0 spiro atoms. The van der Waals surface area contributed by atoms with Gasteiger partial charge < -0.3 is 10.1 Å². The smallest absolute Gasteiger partial charge is 0.279 e. The summed E-state index contributed by atoms with van der Waals surface area (Å²) in [5, 5.41) is 3.85. The molecule has 2 aromatic rings. The van der Waals surface area contributed by atoms with Crippen LogP contribution in [0, 0.1) is 6.92 Å². The van der Waals surface area contributed by atoms with E-state index in [1.807, 2.05) is 31.2 Å². The summed E-state index contributed by atoms with van der Waals surface area (Å²) in [7, 11) is 0. The third kappa shape index (κ3) is 6.19. The molecule has 5 nitrogen and oxygen atoms in total. The van der Waals surface area contributed by atoms with Crippen LogP contribution in [-0.2, 0) is 4.79 Å². The first kappa shape index (κ1) is 19.5. The number of hydrazine groups is 1. The van der Waals surface area contributed by atoms with Gasteiger partial charge in [-0.15, -0.1) is 0 Å². The third-order valence-corrected chi connectivity index (χ3v) is 4.18. The number of benzene rings is 2. The number of ether oxygens (including phenoxy) is 1. The van der Waals surface area contributed by atoms with Crippen molar-refractivity contribution >= 4 is 56.5 Å². The number of thiocarbonyl (C=S) groups is 1. The Hall–Kier alpha value is -1.83. The Morgan fingerprint density at radius 3 is 2.52 bits per heavy atom. The molecule has 0 aromatic heterocycles. The number of rotatable bonds is 4. The molecule has 3 N–H and O–H groups in total. The van der Waals surface area contributed by atoms with E-state index in [1.54, 1.807) is 25.1 Å². The van der Waals surface area contributed by atoms with Crippen LogP contribution in [-0.4, -0.2) is 17.1 Å². The fourth-order valence-electron chi connectivity index (χ4n) is 1.90. The first-order valence-corrected chi connectivity index (χ1v) is 8.98. The van der Waals surface area contributed by atoms with E-state index in [0.29, 0.717) is 10.8 Å². The zero-order valence-corrected chi connectivity index (χ0v) is 16.8. The lowest BCUT2D eigenvalue weighted by Gasteiger charge is -2.17. The molecule has 8 heteroatoms. The number of amides is 1. The average molecular weight is 443 g/mol. The number of carbonyl (C=O) groups is 1. The summed E-state index contributed by atoms with van der Waals surface area (Å²) in [6.45, 7) is 3.51. The van der Waals surface area contributed by atoms with Gasteiger partial charge in [0.05, 0.1) is 0 Å². The number of halogens is 2. The van der Waals surface area contributed by atoms with E-state index in [4.69, 9.17) is 28.6 Å². The quantitative estimate of drug-likeness (QED) is 0.489. The lowest BCUT2D eigenvalue weighted by Crippen LogP contribution is -2.48. The fraction of sp³-hybridized carbons (Fsp3) is 0.176. The van der Waals surface area contributed by atoms with Crippen molar-refractivity contribution in [3.05, 3.63) is 57.5 Å². The summed E-state index contributed by atoms with van der Waals surface area (Å²) < 4.78 is 6.61. The molecule has 0 saturated carbocycles. The van der Waals surface area contributed by atoms with E-state index in [2.05, 4.69) is 32.1 Å². The monoisotopic (exact) mass is 441 g/mol. The molecule has 0 fully saturated rings. The molecule has 25 heavy (non-hydrogen) atoms. The summed E-state index contributed by atoms with van der Waals surface area (Å²) in [6, 6.07) is 12.7. The van der Waals surface area contributed by atoms with E-state index in [9.17, 15) is 4.79 Å². The molecule has 0 radical (unpaired) electrons. The van der Waals surface area contributed by atoms with Gasteiger partial charge >= 0.3 is 0 Å². The van der Waals surface area contributed by atoms with Gasteiger partial charge in [0.1, 0.15) is 5.75 Å². The predicted molar refractivity (Wildman–Crippen MR) is 108 cm³/mol. The van der Waals surface area contributed by atoms with Crippen molar-refractivity contribution < 1.29 is 9.53 Å². The zero-order chi connectivity index (χ0) is 18.4. The SMILES string of the molecule is Cc1cc(Cl)ccc1O[C@@H](C)C(=O)NNC(=S)Nc1ccc(Br)cc1. The molecule has 1 atom stereocenters. The minimum Gasteiger partial charge on any atom is -0.481 e. The minimum atomic E-state index is -0.706. The number of anilines is 1. The number of aryl methyl sites for hydroxylation is 1. The van der Waals surface area contributed by atoms with Gasteiger partial charge in [-0.3, -0.25) is 15.6 Å². The maximum Gasteiger partial charge on any atom is 0.279 e. The van der Waals surface area contributed by atoms with Gasteiger partial charge in [0.15, 0.2) is 11.2 Å². The van der Waals surface area contributed by atoms with Gasteiger partial charge in [0.2, 0.25) is 0 Å². The van der Waals surface area contributed by atoms with Gasteiger partial charge in [-0.05, 0) is 74.1 Å². The van der Waals surface area contributed by atoms with Crippen molar-refractivity contribution in [2.45, 2.75) is 20.0 Å². The van der Waals surface area contributed by atoms with Crippen LogP contribution in [0.25, 0.3) is 0 Å². The Balaban J connectivity index is 1.82. The lowest BCUT2D eigenvalue weighted by molar-refractivity contribution is -0.127. The number of hydrogen-bond acceptors (Lipinski definition) is 3. The van der Waals surface area contributed by atoms with Crippen molar-refractivity contribution in [3.8, 4) is 5.75 Å². The summed E-state index contributed by atoms with van der Waals surface area (Å²) in [5.41, 5.74) is 6.81. The Labute approximate surface area is 165 Å². The van der Waals surface area contributed by atoms with Gasteiger partial charge in [-0.2, -0.15) is 0 Å². The highest BCUT2D eigenvalue weighted by molar-refractivity contribution is 9.10. The molecule has 0 saturated heterocycles. The number of nitrogens with one attached hydrogen (secondary N) is 3. The van der Waals surface area contributed by atoms with Crippen molar-refractivity contribution in [2.24, 2.45) is 0 Å². The van der Waals surface area contributed by atoms with Crippen molar-refractivity contribution in [2.75, 3.05) is 5.32 Å². The van der Waals surface area contributed by atoms with Gasteiger partial charge in [0, 0.05) is 15.2 Å². The van der Waals surface area contributed by atoms with Gasteiger partial charge in [-0.1, -0.05) is 27.5 Å². The summed E-state index contributed by atoms with van der Waals surface area (Å²) in [4.78, 5) is 12.1. The topological polar surface area (TPSA) is 62.4 Å². The molecule has 0 unspecified atom stereocenters. The van der Waals surface area contributed by atoms with E-state index in [0.717, 1.165) is 15.7 Å². The molecule has 0 aliphatic rings. The molecular weight excluding hydrogens is 426 g/mol. The lowest BCUT2D eigenvalue weighted by atomic mass is 10.2. The summed E-state index contributed by atoms with van der Waals surface area (Å²) >= 11 is 14.4. The standard InChI is InChI=1S/C17H17BrClN3O2S/c1-10-9-13(19)5-8-15(10)24-11(2)16(23)21-22-17(25)20-14-6-3-12(18)4-7-14/h3-9,11H,1-2H3,(H,21,23)(H2,20,22,25)/t11-/m0/s1. The maximum absolute atomic E-state index is 12.1. The molecule has 2 aromatic carbocycles. The van der Waals surface area contributed by atoms with Crippen LogP contribution in [0.3, 0.4) is 0 Å². The highest BCUT2D eigenvalue weighted by atomic mass is 79.9. The Morgan fingerprint density at radius 2 is 1.88 bits per heavy atom. The van der Waals surface area contributed by atoms with E-state index in [-0.39, 0.29) is 11.0 Å². The van der Waals surface area contributed by atoms with Crippen molar-refractivity contribution in [3.63, 3.8) is 0 Å².